The number of nitrogens with zero attached hydrogens (tertiary/aromatic N) is 4. The summed E-state index contributed by atoms with van der Waals surface area (Å²) in [6.45, 7) is 1.67. The maximum atomic E-state index is 12.8. The van der Waals surface area contributed by atoms with Crippen LogP contribution in [0.3, 0.4) is 0 Å². The number of pyridine rings is 1. The van der Waals surface area contributed by atoms with Gasteiger partial charge in [0.1, 0.15) is 18.1 Å². The van der Waals surface area contributed by atoms with E-state index in [0.717, 1.165) is 42.6 Å². The Balaban J connectivity index is 1.23. The Hall–Kier alpha value is -3.13. The molecule has 1 amide bonds. The molecule has 0 radical (unpaired) electrons. The molecule has 8 heteroatoms. The summed E-state index contributed by atoms with van der Waals surface area (Å²) < 4.78 is 20.0. The average Bonchev–Trinajstić information content (AvgIpc) is 3.22. The van der Waals surface area contributed by atoms with Crippen molar-refractivity contribution in [3.63, 3.8) is 0 Å². The Labute approximate surface area is 168 Å². The third-order valence-corrected chi connectivity index (χ3v) is 4.30. The van der Waals surface area contributed by atoms with Crippen LogP contribution in [0.5, 0.6) is 0 Å². The van der Waals surface area contributed by atoms with Gasteiger partial charge in [0, 0.05) is 31.0 Å². The van der Waals surface area contributed by atoms with E-state index in [1.165, 1.54) is 12.1 Å². The van der Waals surface area contributed by atoms with E-state index in [0.29, 0.717) is 6.54 Å². The maximum absolute atomic E-state index is 12.8. The van der Waals surface area contributed by atoms with Crippen LogP contribution in [-0.2, 0) is 22.7 Å². The number of benzene rings is 1. The Kier molecular flexibility index (Phi) is 7.82. The molecule has 152 valence electrons. The summed E-state index contributed by atoms with van der Waals surface area (Å²) in [5.74, 6) is -0.436. The SMILES string of the molecule is O=C(COCc1ccc(F)cc1)NCCCCCn1cc(-c2cccnc2)nn1. The maximum Gasteiger partial charge on any atom is 0.246 e. The summed E-state index contributed by atoms with van der Waals surface area (Å²) >= 11 is 0. The number of carbonyl (C=O) groups excluding carboxylic acids is 1. The molecule has 1 aromatic carbocycles. The Morgan fingerprint density at radius 3 is 2.79 bits per heavy atom. The van der Waals surface area contributed by atoms with Gasteiger partial charge in [0.15, 0.2) is 0 Å². The fourth-order valence-electron chi connectivity index (χ4n) is 2.75. The minimum Gasteiger partial charge on any atom is -0.367 e. The predicted molar refractivity (Wildman–Crippen MR) is 106 cm³/mol. The van der Waals surface area contributed by atoms with Gasteiger partial charge in [-0.25, -0.2) is 4.39 Å². The third kappa shape index (κ3) is 7.08. The Morgan fingerprint density at radius 1 is 1.14 bits per heavy atom. The normalized spacial score (nSPS) is 10.8. The molecule has 0 spiro atoms. The molecule has 0 unspecified atom stereocenters. The Bertz CT molecular complexity index is 884. The van der Waals surface area contributed by atoms with E-state index in [-0.39, 0.29) is 24.9 Å². The molecule has 0 bridgehead atoms. The van der Waals surface area contributed by atoms with Gasteiger partial charge in [0.2, 0.25) is 5.91 Å². The number of unbranched alkanes of at least 4 members (excludes halogenated alkanes) is 2. The minimum absolute atomic E-state index is 0.00650. The lowest BCUT2D eigenvalue weighted by molar-refractivity contribution is -0.126. The number of amides is 1. The van der Waals surface area contributed by atoms with Gasteiger partial charge in [-0.15, -0.1) is 5.10 Å². The van der Waals surface area contributed by atoms with Gasteiger partial charge in [-0.2, -0.15) is 0 Å². The Morgan fingerprint density at radius 2 is 2.00 bits per heavy atom. The number of carbonyl (C=O) groups is 1. The number of halogens is 1. The molecular formula is C21H24FN5O2. The van der Waals surface area contributed by atoms with Crippen LogP contribution in [0.2, 0.25) is 0 Å². The summed E-state index contributed by atoms with van der Waals surface area (Å²) in [4.78, 5) is 15.8. The monoisotopic (exact) mass is 397 g/mol. The van der Waals surface area contributed by atoms with Crippen molar-refractivity contribution in [1.82, 2.24) is 25.3 Å². The van der Waals surface area contributed by atoms with E-state index in [4.69, 9.17) is 4.74 Å². The molecule has 0 aliphatic heterocycles. The molecule has 0 aliphatic carbocycles. The van der Waals surface area contributed by atoms with Crippen molar-refractivity contribution in [3.8, 4) is 11.3 Å². The number of aryl methyl sites for hydroxylation is 1. The number of hydrogen-bond acceptors (Lipinski definition) is 5. The zero-order chi connectivity index (χ0) is 20.3. The average molecular weight is 397 g/mol. The molecule has 0 atom stereocenters. The van der Waals surface area contributed by atoms with E-state index >= 15 is 0 Å². The largest absolute Gasteiger partial charge is 0.367 e. The zero-order valence-corrected chi connectivity index (χ0v) is 16.1. The molecule has 29 heavy (non-hydrogen) atoms. The van der Waals surface area contributed by atoms with E-state index < -0.39 is 0 Å². The molecule has 0 fully saturated rings. The van der Waals surface area contributed by atoms with Crippen molar-refractivity contribution >= 4 is 5.91 Å². The van der Waals surface area contributed by atoms with Crippen LogP contribution in [-0.4, -0.2) is 39.0 Å². The van der Waals surface area contributed by atoms with Crippen LogP contribution >= 0.6 is 0 Å². The van der Waals surface area contributed by atoms with Crippen LogP contribution < -0.4 is 5.32 Å². The summed E-state index contributed by atoms with van der Waals surface area (Å²) in [6.07, 6.45) is 8.21. The summed E-state index contributed by atoms with van der Waals surface area (Å²) in [5.41, 5.74) is 2.59. The van der Waals surface area contributed by atoms with E-state index in [2.05, 4.69) is 20.6 Å². The molecular weight excluding hydrogens is 373 g/mol. The molecule has 3 aromatic rings. The van der Waals surface area contributed by atoms with Gasteiger partial charge in [-0.05, 0) is 49.1 Å². The highest BCUT2D eigenvalue weighted by Gasteiger charge is 2.04. The first-order chi connectivity index (χ1) is 14.2. The van der Waals surface area contributed by atoms with Crippen molar-refractivity contribution < 1.29 is 13.9 Å². The van der Waals surface area contributed by atoms with Crippen LogP contribution in [0, 0.1) is 5.82 Å². The molecule has 2 aromatic heterocycles. The predicted octanol–water partition coefficient (Wildman–Crippen LogP) is 2.98. The highest BCUT2D eigenvalue weighted by molar-refractivity contribution is 5.77. The first kappa shape index (κ1) is 20.6. The van der Waals surface area contributed by atoms with Crippen LogP contribution in [0.4, 0.5) is 4.39 Å². The smallest absolute Gasteiger partial charge is 0.246 e. The van der Waals surface area contributed by atoms with Gasteiger partial charge in [-0.1, -0.05) is 17.3 Å². The molecule has 1 N–H and O–H groups in total. The quantitative estimate of drug-likeness (QED) is 0.503. The standard InChI is InChI=1S/C21H24FN5O2/c22-19-8-6-17(7-9-19)15-29-16-21(28)24-11-2-1-3-12-27-14-20(25-26-27)18-5-4-10-23-13-18/h4-10,13-14H,1-3,11-12,15-16H2,(H,24,28). The topological polar surface area (TPSA) is 81.9 Å². The summed E-state index contributed by atoms with van der Waals surface area (Å²) in [5, 5.41) is 11.1. The zero-order valence-electron chi connectivity index (χ0n) is 16.1. The van der Waals surface area contributed by atoms with Crippen molar-refractivity contribution in [2.45, 2.75) is 32.4 Å². The van der Waals surface area contributed by atoms with E-state index in [1.54, 1.807) is 24.5 Å². The third-order valence-electron chi connectivity index (χ3n) is 4.30. The van der Waals surface area contributed by atoms with Crippen LogP contribution in [0.1, 0.15) is 24.8 Å². The molecule has 7 nitrogen and oxygen atoms in total. The summed E-state index contributed by atoms with van der Waals surface area (Å²) in [6, 6.07) is 9.85. The lowest BCUT2D eigenvalue weighted by Crippen LogP contribution is -2.28. The second kappa shape index (κ2) is 11.0. The minimum atomic E-state index is -0.288. The second-order valence-electron chi connectivity index (χ2n) is 6.64. The lowest BCUT2D eigenvalue weighted by Gasteiger charge is -2.06. The first-order valence-corrected chi connectivity index (χ1v) is 9.60. The van der Waals surface area contributed by atoms with Crippen LogP contribution in [0.15, 0.2) is 55.0 Å². The van der Waals surface area contributed by atoms with Crippen LogP contribution in [0.25, 0.3) is 11.3 Å². The molecule has 0 aliphatic rings. The van der Waals surface area contributed by atoms with E-state index in [9.17, 15) is 9.18 Å². The van der Waals surface area contributed by atoms with Crippen molar-refractivity contribution in [1.29, 1.82) is 0 Å². The number of hydrogen-bond donors (Lipinski definition) is 1. The van der Waals surface area contributed by atoms with Gasteiger partial charge >= 0.3 is 0 Å². The van der Waals surface area contributed by atoms with Crippen molar-refractivity contribution in [2.75, 3.05) is 13.2 Å². The molecule has 0 saturated carbocycles. The van der Waals surface area contributed by atoms with Gasteiger partial charge < -0.3 is 10.1 Å². The molecule has 0 saturated heterocycles. The second-order valence-corrected chi connectivity index (χ2v) is 6.64. The number of ether oxygens (including phenoxy) is 1. The van der Waals surface area contributed by atoms with Gasteiger partial charge in [0.05, 0.1) is 12.8 Å². The van der Waals surface area contributed by atoms with Crippen molar-refractivity contribution in [2.24, 2.45) is 0 Å². The first-order valence-electron chi connectivity index (χ1n) is 9.60. The molecule has 3 rings (SSSR count). The lowest BCUT2D eigenvalue weighted by atomic mass is 10.2. The highest BCUT2D eigenvalue weighted by atomic mass is 19.1. The summed E-state index contributed by atoms with van der Waals surface area (Å²) in [7, 11) is 0. The number of rotatable bonds is 11. The van der Waals surface area contributed by atoms with E-state index in [1.807, 2.05) is 23.0 Å². The van der Waals surface area contributed by atoms with Gasteiger partial charge in [0.25, 0.3) is 0 Å². The number of aromatic nitrogens is 4. The fourth-order valence-corrected chi connectivity index (χ4v) is 2.75. The van der Waals surface area contributed by atoms with Crippen molar-refractivity contribution in [3.05, 3.63) is 66.4 Å². The highest BCUT2D eigenvalue weighted by Crippen LogP contribution is 2.13. The fraction of sp³-hybridized carbons (Fsp3) is 0.333. The molecule has 2 heterocycles. The number of nitrogens with one attached hydrogen (secondary N) is 1. The van der Waals surface area contributed by atoms with Gasteiger partial charge in [-0.3, -0.25) is 14.5 Å².